The second-order valence-corrected chi connectivity index (χ2v) is 4.46. The number of carbonyl (C=O) groups is 3. The standard InChI is InChI=1S/C10H18N2O5/c1-6(8(15)11-5-7(13)14)12-9(16)17-10(2,3)4/h6H,5H2,1-4H3,(H,11,15)(H,12,16)(H,13,14)/p-1/t6-/m0/s1. The van der Waals surface area contributed by atoms with Crippen LogP contribution in [0.3, 0.4) is 0 Å². The number of hydrogen-bond donors (Lipinski definition) is 2. The molecule has 0 aliphatic heterocycles. The fourth-order valence-corrected chi connectivity index (χ4v) is 0.862. The molecular weight excluding hydrogens is 228 g/mol. The SMILES string of the molecule is C[C@H](NC(=O)OC(C)(C)C)C(=O)NCC(=O)[O-]. The maximum absolute atomic E-state index is 11.3. The monoisotopic (exact) mass is 245 g/mol. The molecule has 2 N–H and O–H groups in total. The number of carboxylic acids is 1. The Morgan fingerprint density at radius 1 is 1.29 bits per heavy atom. The number of carbonyl (C=O) groups excluding carboxylic acids is 3. The van der Waals surface area contributed by atoms with Crippen LogP contribution in [-0.4, -0.2) is 36.2 Å². The second kappa shape index (κ2) is 6.07. The zero-order valence-electron chi connectivity index (χ0n) is 10.3. The summed E-state index contributed by atoms with van der Waals surface area (Å²) < 4.78 is 4.93. The van der Waals surface area contributed by atoms with Crippen LogP contribution in [0.2, 0.25) is 0 Å². The van der Waals surface area contributed by atoms with Gasteiger partial charge < -0.3 is 25.3 Å². The number of amides is 2. The van der Waals surface area contributed by atoms with Crippen LogP contribution in [-0.2, 0) is 14.3 Å². The van der Waals surface area contributed by atoms with Crippen molar-refractivity contribution in [2.75, 3.05) is 6.54 Å². The average Bonchev–Trinajstić information content (AvgIpc) is 2.10. The van der Waals surface area contributed by atoms with Gasteiger partial charge in [0, 0.05) is 0 Å². The molecule has 0 aromatic carbocycles. The highest BCUT2D eigenvalue weighted by Crippen LogP contribution is 2.06. The van der Waals surface area contributed by atoms with E-state index in [0.717, 1.165) is 0 Å². The van der Waals surface area contributed by atoms with E-state index in [1.165, 1.54) is 6.92 Å². The van der Waals surface area contributed by atoms with Gasteiger partial charge >= 0.3 is 6.09 Å². The van der Waals surface area contributed by atoms with E-state index < -0.39 is 36.2 Å². The molecule has 0 spiro atoms. The Balaban J connectivity index is 4.08. The van der Waals surface area contributed by atoms with E-state index in [4.69, 9.17) is 4.74 Å². The highest BCUT2D eigenvalue weighted by atomic mass is 16.6. The summed E-state index contributed by atoms with van der Waals surface area (Å²) in [5.41, 5.74) is -0.661. The zero-order chi connectivity index (χ0) is 13.6. The van der Waals surface area contributed by atoms with Crippen LogP contribution in [0.25, 0.3) is 0 Å². The van der Waals surface area contributed by atoms with Gasteiger partial charge in [-0.05, 0) is 27.7 Å². The van der Waals surface area contributed by atoms with Crippen LogP contribution >= 0.6 is 0 Å². The Morgan fingerprint density at radius 2 is 1.82 bits per heavy atom. The minimum atomic E-state index is -1.40. The quantitative estimate of drug-likeness (QED) is 0.644. The van der Waals surface area contributed by atoms with Gasteiger partial charge in [0.1, 0.15) is 11.6 Å². The number of alkyl carbamates (subject to hydrolysis) is 1. The van der Waals surface area contributed by atoms with Crippen LogP contribution in [0.5, 0.6) is 0 Å². The number of ether oxygens (including phenoxy) is 1. The molecule has 0 rings (SSSR count). The van der Waals surface area contributed by atoms with Gasteiger partial charge in [0.15, 0.2) is 0 Å². The first kappa shape index (κ1) is 15.2. The average molecular weight is 245 g/mol. The molecule has 0 aromatic rings. The van der Waals surface area contributed by atoms with Crippen LogP contribution in [0, 0.1) is 0 Å². The third-order valence-corrected chi connectivity index (χ3v) is 1.53. The lowest BCUT2D eigenvalue weighted by Gasteiger charge is -2.21. The van der Waals surface area contributed by atoms with Crippen LogP contribution in [0.1, 0.15) is 27.7 Å². The van der Waals surface area contributed by atoms with Crippen molar-refractivity contribution in [1.29, 1.82) is 0 Å². The Kier molecular flexibility index (Phi) is 5.43. The summed E-state index contributed by atoms with van der Waals surface area (Å²) in [7, 11) is 0. The number of carboxylic acid groups (broad SMARTS) is 1. The first-order chi connectivity index (χ1) is 7.61. The molecule has 1 atom stereocenters. The van der Waals surface area contributed by atoms with Crippen molar-refractivity contribution in [2.24, 2.45) is 0 Å². The number of nitrogens with one attached hydrogen (secondary N) is 2. The molecule has 0 saturated heterocycles. The van der Waals surface area contributed by atoms with Crippen molar-refractivity contribution < 1.29 is 24.2 Å². The lowest BCUT2D eigenvalue weighted by Crippen LogP contribution is -2.48. The molecule has 0 unspecified atom stereocenters. The summed E-state index contributed by atoms with van der Waals surface area (Å²) in [5.74, 6) is -2.03. The number of rotatable bonds is 4. The minimum Gasteiger partial charge on any atom is -0.548 e. The van der Waals surface area contributed by atoms with Gasteiger partial charge in [0.05, 0.1) is 12.5 Å². The predicted molar refractivity (Wildman–Crippen MR) is 56.8 cm³/mol. The van der Waals surface area contributed by atoms with Crippen molar-refractivity contribution >= 4 is 18.0 Å². The first-order valence-electron chi connectivity index (χ1n) is 5.09. The lowest BCUT2D eigenvalue weighted by atomic mass is 10.2. The van der Waals surface area contributed by atoms with E-state index >= 15 is 0 Å². The highest BCUT2D eigenvalue weighted by molar-refractivity contribution is 5.87. The molecule has 7 heteroatoms. The topological polar surface area (TPSA) is 108 Å². The maximum Gasteiger partial charge on any atom is 0.408 e. The molecular formula is C10H17N2O5-. The van der Waals surface area contributed by atoms with Gasteiger partial charge in [-0.25, -0.2) is 4.79 Å². The normalized spacial score (nSPS) is 12.5. The van der Waals surface area contributed by atoms with E-state index in [9.17, 15) is 19.5 Å². The second-order valence-electron chi connectivity index (χ2n) is 4.46. The third-order valence-electron chi connectivity index (χ3n) is 1.53. The third kappa shape index (κ3) is 8.06. The van der Waals surface area contributed by atoms with E-state index in [1.54, 1.807) is 20.8 Å². The minimum absolute atomic E-state index is 0.598. The summed E-state index contributed by atoms with van der Waals surface area (Å²) in [4.78, 5) is 32.6. The lowest BCUT2D eigenvalue weighted by molar-refractivity contribution is -0.304. The summed E-state index contributed by atoms with van der Waals surface area (Å²) in [6.07, 6.45) is -0.742. The smallest absolute Gasteiger partial charge is 0.408 e. The van der Waals surface area contributed by atoms with E-state index in [-0.39, 0.29) is 0 Å². The van der Waals surface area contributed by atoms with Crippen LogP contribution in [0.4, 0.5) is 4.79 Å². The molecule has 0 bridgehead atoms. The molecule has 2 amide bonds. The fourth-order valence-electron chi connectivity index (χ4n) is 0.862. The van der Waals surface area contributed by atoms with Gasteiger partial charge in [-0.3, -0.25) is 4.79 Å². The number of aliphatic carboxylic acids is 1. The molecule has 0 aromatic heterocycles. The van der Waals surface area contributed by atoms with Gasteiger partial charge in [-0.2, -0.15) is 0 Å². The molecule has 0 heterocycles. The van der Waals surface area contributed by atoms with Gasteiger partial charge in [-0.1, -0.05) is 0 Å². The molecule has 0 saturated carbocycles. The first-order valence-corrected chi connectivity index (χ1v) is 5.09. The summed E-state index contributed by atoms with van der Waals surface area (Å²) in [6, 6.07) is -0.885. The molecule has 0 aliphatic rings. The molecule has 98 valence electrons. The maximum atomic E-state index is 11.3. The predicted octanol–water partition coefficient (Wildman–Crippen LogP) is -1.23. The summed E-state index contributed by atoms with van der Waals surface area (Å²) in [5, 5.41) is 14.5. The Hall–Kier alpha value is -1.79. The van der Waals surface area contributed by atoms with Crippen molar-refractivity contribution in [3.63, 3.8) is 0 Å². The summed E-state index contributed by atoms with van der Waals surface area (Å²) in [6.45, 7) is 5.88. The van der Waals surface area contributed by atoms with E-state index in [2.05, 4.69) is 10.6 Å². The largest absolute Gasteiger partial charge is 0.548 e. The Labute approximate surface area is 99.5 Å². The Bertz CT molecular complexity index is 308. The molecule has 0 radical (unpaired) electrons. The van der Waals surface area contributed by atoms with Crippen molar-refractivity contribution in [2.45, 2.75) is 39.3 Å². The number of hydrogen-bond acceptors (Lipinski definition) is 5. The van der Waals surface area contributed by atoms with E-state index in [1.807, 2.05) is 0 Å². The van der Waals surface area contributed by atoms with Gasteiger partial charge in [-0.15, -0.1) is 0 Å². The van der Waals surface area contributed by atoms with E-state index in [0.29, 0.717) is 0 Å². The molecule has 17 heavy (non-hydrogen) atoms. The van der Waals surface area contributed by atoms with Crippen molar-refractivity contribution in [1.82, 2.24) is 10.6 Å². The van der Waals surface area contributed by atoms with Gasteiger partial charge in [0.25, 0.3) is 0 Å². The highest BCUT2D eigenvalue weighted by Gasteiger charge is 2.20. The molecule has 7 nitrogen and oxygen atoms in total. The van der Waals surface area contributed by atoms with Gasteiger partial charge in [0.2, 0.25) is 5.91 Å². The molecule has 0 aliphatic carbocycles. The van der Waals surface area contributed by atoms with Crippen molar-refractivity contribution in [3.8, 4) is 0 Å². The van der Waals surface area contributed by atoms with Crippen LogP contribution in [0.15, 0.2) is 0 Å². The fraction of sp³-hybridized carbons (Fsp3) is 0.700. The zero-order valence-corrected chi connectivity index (χ0v) is 10.3. The summed E-state index contributed by atoms with van der Waals surface area (Å²) >= 11 is 0. The van der Waals surface area contributed by atoms with Crippen LogP contribution < -0.4 is 15.7 Å². The molecule has 0 fully saturated rings. The Morgan fingerprint density at radius 3 is 2.24 bits per heavy atom. The van der Waals surface area contributed by atoms with Crippen molar-refractivity contribution in [3.05, 3.63) is 0 Å².